The molecule has 0 aliphatic rings. The molecule has 4 nitrogen and oxygen atoms in total. The molecule has 0 saturated carbocycles. The highest BCUT2D eigenvalue weighted by atomic mass is 19.1. The second-order valence-corrected chi connectivity index (χ2v) is 5.09. The monoisotopic (exact) mass is 317 g/mol. The third-order valence-electron chi connectivity index (χ3n) is 3.41. The van der Waals surface area contributed by atoms with Crippen molar-refractivity contribution in [3.8, 4) is 5.75 Å². The van der Waals surface area contributed by atoms with Gasteiger partial charge in [-0.1, -0.05) is 36.4 Å². The summed E-state index contributed by atoms with van der Waals surface area (Å²) in [4.78, 5) is 11.8. The third kappa shape index (κ3) is 5.38. The minimum Gasteiger partial charge on any atom is -0.491 e. The zero-order valence-corrected chi connectivity index (χ0v) is 12.8. The fourth-order valence-corrected chi connectivity index (χ4v) is 2.14. The van der Waals surface area contributed by atoms with E-state index in [1.807, 2.05) is 24.3 Å². The van der Waals surface area contributed by atoms with Crippen LogP contribution >= 0.6 is 0 Å². The van der Waals surface area contributed by atoms with Gasteiger partial charge < -0.3 is 15.2 Å². The predicted octanol–water partition coefficient (Wildman–Crippen LogP) is 2.79. The average Bonchev–Trinajstić information content (AvgIpc) is 2.58. The molecule has 0 aliphatic heterocycles. The number of halogens is 1. The highest BCUT2D eigenvalue weighted by molar-refractivity contribution is 5.75. The number of nitrogens with one attached hydrogen (secondary N) is 1. The number of carbonyl (C=O) groups excluding carboxylic acids is 1. The topological polar surface area (TPSA) is 58.6 Å². The molecule has 122 valence electrons. The van der Waals surface area contributed by atoms with E-state index in [1.165, 1.54) is 6.07 Å². The van der Waals surface area contributed by atoms with Crippen LogP contribution in [0.1, 0.15) is 24.0 Å². The van der Waals surface area contributed by atoms with Crippen LogP contribution in [0.2, 0.25) is 0 Å². The van der Waals surface area contributed by atoms with Crippen LogP contribution in [0.25, 0.3) is 0 Å². The van der Waals surface area contributed by atoms with Crippen LogP contribution in [0.15, 0.2) is 48.5 Å². The Kier molecular flexibility index (Phi) is 6.56. The maximum Gasteiger partial charge on any atom is 0.220 e. The molecule has 5 heteroatoms. The van der Waals surface area contributed by atoms with Gasteiger partial charge in [-0.2, -0.15) is 0 Å². The Labute approximate surface area is 134 Å². The smallest absolute Gasteiger partial charge is 0.220 e. The third-order valence-corrected chi connectivity index (χ3v) is 3.41. The quantitative estimate of drug-likeness (QED) is 0.736. The number of ether oxygens (including phenoxy) is 1. The van der Waals surface area contributed by atoms with E-state index < -0.39 is 5.82 Å². The van der Waals surface area contributed by atoms with Crippen molar-refractivity contribution in [2.24, 2.45) is 0 Å². The first-order chi connectivity index (χ1) is 11.2. The first-order valence-corrected chi connectivity index (χ1v) is 7.52. The predicted molar refractivity (Wildman–Crippen MR) is 85.3 cm³/mol. The van der Waals surface area contributed by atoms with Crippen molar-refractivity contribution >= 4 is 5.91 Å². The molecule has 0 radical (unpaired) electrons. The number of rotatable bonds is 8. The van der Waals surface area contributed by atoms with E-state index in [2.05, 4.69) is 5.32 Å². The van der Waals surface area contributed by atoms with Gasteiger partial charge in [0.1, 0.15) is 0 Å². The number of hydrogen-bond acceptors (Lipinski definition) is 3. The fourth-order valence-electron chi connectivity index (χ4n) is 2.14. The van der Waals surface area contributed by atoms with Crippen LogP contribution in [-0.4, -0.2) is 17.6 Å². The van der Waals surface area contributed by atoms with Crippen molar-refractivity contribution in [2.45, 2.75) is 26.0 Å². The molecule has 0 heterocycles. The minimum atomic E-state index is -0.405. The Morgan fingerprint density at radius 1 is 1.09 bits per heavy atom. The number of aliphatic hydroxyl groups is 1. The highest BCUT2D eigenvalue weighted by Gasteiger charge is 2.05. The summed E-state index contributed by atoms with van der Waals surface area (Å²) in [5.74, 6) is -0.308. The summed E-state index contributed by atoms with van der Waals surface area (Å²) in [5.41, 5.74) is 1.70. The molecule has 0 fully saturated rings. The minimum absolute atomic E-state index is 0.0531. The molecule has 2 aromatic rings. The van der Waals surface area contributed by atoms with Gasteiger partial charge >= 0.3 is 0 Å². The van der Waals surface area contributed by atoms with E-state index in [9.17, 15) is 14.3 Å². The Morgan fingerprint density at radius 3 is 2.52 bits per heavy atom. The normalized spacial score (nSPS) is 10.3. The Balaban J connectivity index is 1.68. The number of aliphatic hydroxyl groups excluding tert-OH is 1. The molecule has 23 heavy (non-hydrogen) atoms. The SMILES string of the molecule is O=C(CCCOc1ccccc1F)NCc1ccccc1CO. The molecule has 1 amide bonds. The van der Waals surface area contributed by atoms with Crippen molar-refractivity contribution < 1.29 is 19.0 Å². The van der Waals surface area contributed by atoms with E-state index in [4.69, 9.17) is 4.74 Å². The van der Waals surface area contributed by atoms with Gasteiger partial charge in [0.2, 0.25) is 5.91 Å². The lowest BCUT2D eigenvalue weighted by atomic mass is 10.1. The maximum absolute atomic E-state index is 13.3. The molecule has 2 N–H and O–H groups in total. The summed E-state index contributed by atoms with van der Waals surface area (Å²) < 4.78 is 18.6. The van der Waals surface area contributed by atoms with Crippen molar-refractivity contribution in [1.82, 2.24) is 5.32 Å². The van der Waals surface area contributed by atoms with E-state index in [0.717, 1.165) is 11.1 Å². The van der Waals surface area contributed by atoms with E-state index in [1.54, 1.807) is 18.2 Å². The molecule has 0 saturated heterocycles. The maximum atomic E-state index is 13.3. The molecule has 0 atom stereocenters. The second kappa shape index (κ2) is 8.90. The van der Waals surface area contributed by atoms with Gasteiger partial charge in [0, 0.05) is 13.0 Å². The zero-order valence-electron chi connectivity index (χ0n) is 12.8. The molecule has 0 spiro atoms. The molecule has 0 aliphatic carbocycles. The number of para-hydroxylation sites is 1. The summed E-state index contributed by atoms with van der Waals surface area (Å²) in [5, 5.41) is 12.0. The van der Waals surface area contributed by atoms with E-state index in [-0.39, 0.29) is 24.9 Å². The Bertz CT molecular complexity index is 646. The van der Waals surface area contributed by atoms with Crippen LogP contribution in [0, 0.1) is 5.82 Å². The van der Waals surface area contributed by atoms with Crippen molar-refractivity contribution in [3.63, 3.8) is 0 Å². The van der Waals surface area contributed by atoms with Gasteiger partial charge in [-0.3, -0.25) is 4.79 Å². The summed E-state index contributed by atoms with van der Waals surface area (Å²) >= 11 is 0. The van der Waals surface area contributed by atoms with Gasteiger partial charge in [-0.15, -0.1) is 0 Å². The zero-order chi connectivity index (χ0) is 16.5. The van der Waals surface area contributed by atoms with Gasteiger partial charge in [0.15, 0.2) is 11.6 Å². The molecule has 0 aromatic heterocycles. The first-order valence-electron chi connectivity index (χ1n) is 7.52. The van der Waals surface area contributed by atoms with Gasteiger partial charge in [0.05, 0.1) is 13.2 Å². The Hall–Kier alpha value is -2.40. The van der Waals surface area contributed by atoms with Crippen molar-refractivity contribution in [3.05, 3.63) is 65.5 Å². The summed E-state index contributed by atoms with van der Waals surface area (Å²) in [7, 11) is 0. The fraction of sp³-hybridized carbons (Fsp3) is 0.278. The van der Waals surface area contributed by atoms with Crippen molar-refractivity contribution in [1.29, 1.82) is 0 Å². The highest BCUT2D eigenvalue weighted by Crippen LogP contribution is 2.15. The van der Waals surface area contributed by atoms with Crippen LogP contribution in [-0.2, 0) is 17.9 Å². The van der Waals surface area contributed by atoms with Crippen LogP contribution in [0.5, 0.6) is 5.75 Å². The Morgan fingerprint density at radius 2 is 1.78 bits per heavy atom. The molecule has 2 rings (SSSR count). The largest absolute Gasteiger partial charge is 0.491 e. The molecule has 0 bridgehead atoms. The van der Waals surface area contributed by atoms with Crippen molar-refractivity contribution in [2.75, 3.05) is 6.61 Å². The standard InChI is InChI=1S/C18H20FNO3/c19-16-8-3-4-9-17(16)23-11-5-10-18(22)20-12-14-6-1-2-7-15(14)13-21/h1-4,6-9,21H,5,10-13H2,(H,20,22). The first kappa shape index (κ1) is 17.0. The lowest BCUT2D eigenvalue weighted by Gasteiger charge is -2.09. The number of amides is 1. The van der Waals surface area contributed by atoms with Crippen LogP contribution in [0.3, 0.4) is 0 Å². The van der Waals surface area contributed by atoms with Gasteiger partial charge in [-0.05, 0) is 29.7 Å². The molecular weight excluding hydrogens is 297 g/mol. The van der Waals surface area contributed by atoms with Crippen LogP contribution in [0.4, 0.5) is 4.39 Å². The summed E-state index contributed by atoms with van der Waals surface area (Å²) in [6, 6.07) is 13.6. The summed E-state index contributed by atoms with van der Waals surface area (Å²) in [6.45, 7) is 0.605. The van der Waals surface area contributed by atoms with Crippen LogP contribution < -0.4 is 10.1 Å². The number of hydrogen-bond donors (Lipinski definition) is 2. The molecular formula is C18H20FNO3. The average molecular weight is 317 g/mol. The van der Waals surface area contributed by atoms with Gasteiger partial charge in [0.25, 0.3) is 0 Å². The number of benzene rings is 2. The lowest BCUT2D eigenvalue weighted by Crippen LogP contribution is -2.23. The van der Waals surface area contributed by atoms with E-state index >= 15 is 0 Å². The summed E-state index contributed by atoms with van der Waals surface area (Å²) in [6.07, 6.45) is 0.803. The van der Waals surface area contributed by atoms with E-state index in [0.29, 0.717) is 19.4 Å². The second-order valence-electron chi connectivity index (χ2n) is 5.09. The molecule has 0 unspecified atom stereocenters. The van der Waals surface area contributed by atoms with Gasteiger partial charge in [-0.25, -0.2) is 4.39 Å². The number of carbonyl (C=O) groups is 1. The lowest BCUT2D eigenvalue weighted by molar-refractivity contribution is -0.121. The molecule has 2 aromatic carbocycles.